The lowest BCUT2D eigenvalue weighted by Gasteiger charge is -2.27. The van der Waals surface area contributed by atoms with Crippen LogP contribution in [0.4, 0.5) is 20.3 Å². The van der Waals surface area contributed by atoms with Crippen LogP contribution in [0.2, 0.25) is 0 Å². The average Bonchev–Trinajstić information content (AvgIpc) is 3.26. The number of benzene rings is 1. The highest BCUT2D eigenvalue weighted by molar-refractivity contribution is 6.00. The van der Waals surface area contributed by atoms with Crippen LogP contribution in [-0.2, 0) is 23.8 Å². The van der Waals surface area contributed by atoms with Gasteiger partial charge in [0.15, 0.2) is 5.69 Å². The molecule has 3 N–H and O–H groups in total. The van der Waals surface area contributed by atoms with Gasteiger partial charge in [0, 0.05) is 12.1 Å². The molecule has 0 fully saturated rings. The normalized spacial score (nSPS) is 11.5. The molecule has 1 aromatic carbocycles. The molecule has 31 heavy (non-hydrogen) atoms. The summed E-state index contributed by atoms with van der Waals surface area (Å²) in [6.07, 6.45) is 2.59. The van der Waals surface area contributed by atoms with Gasteiger partial charge in [-0.25, -0.2) is 4.79 Å². The van der Waals surface area contributed by atoms with Crippen molar-refractivity contribution in [2.75, 3.05) is 10.6 Å². The van der Waals surface area contributed by atoms with Crippen LogP contribution in [0, 0.1) is 0 Å². The Morgan fingerprint density at radius 1 is 1.19 bits per heavy atom. The highest BCUT2D eigenvalue weighted by Gasteiger charge is 2.45. The Morgan fingerprint density at radius 2 is 1.90 bits per heavy atom. The second-order valence-corrected chi connectivity index (χ2v) is 6.91. The van der Waals surface area contributed by atoms with E-state index in [1.54, 1.807) is 0 Å². The molecule has 0 aliphatic heterocycles. The first-order valence-electron chi connectivity index (χ1n) is 9.67. The summed E-state index contributed by atoms with van der Waals surface area (Å²) in [5, 5.41) is 0. The van der Waals surface area contributed by atoms with Gasteiger partial charge in [0.25, 0.3) is 5.56 Å². The molecule has 0 radical (unpaired) electrons. The molecular formula is C21H22F2N4O4. The molecule has 0 unspecified atom stereocenters. The molecule has 2 aromatic heterocycles. The number of carbonyl (C=O) groups is 1. The molecule has 0 aliphatic rings. The van der Waals surface area contributed by atoms with E-state index in [-0.39, 0.29) is 18.1 Å². The number of carbonyl (C=O) groups excluding carboxylic acids is 1. The number of anilines is 2. The van der Waals surface area contributed by atoms with Gasteiger partial charge in [-0.2, -0.15) is 8.78 Å². The second-order valence-electron chi connectivity index (χ2n) is 6.91. The summed E-state index contributed by atoms with van der Waals surface area (Å²) in [7, 11) is 0. The summed E-state index contributed by atoms with van der Waals surface area (Å²) < 4.78 is 36.5. The fourth-order valence-electron chi connectivity index (χ4n) is 3.13. The number of hydrogen-bond donors (Lipinski definition) is 2. The molecule has 8 nitrogen and oxygen atoms in total. The summed E-state index contributed by atoms with van der Waals surface area (Å²) >= 11 is 0. The Hall–Kier alpha value is -3.69. The van der Waals surface area contributed by atoms with Crippen molar-refractivity contribution < 1.29 is 18.0 Å². The Balaban J connectivity index is 2.16. The fourth-order valence-corrected chi connectivity index (χ4v) is 3.13. The number of alkyl halides is 2. The van der Waals surface area contributed by atoms with Gasteiger partial charge in [0.1, 0.15) is 11.6 Å². The minimum absolute atomic E-state index is 0.155. The summed E-state index contributed by atoms with van der Waals surface area (Å²) in [5.74, 6) is -5.85. The van der Waals surface area contributed by atoms with Crippen molar-refractivity contribution in [3.63, 3.8) is 0 Å². The fraction of sp³-hybridized carbons (Fsp3) is 0.286. The van der Waals surface area contributed by atoms with Gasteiger partial charge in [-0.1, -0.05) is 43.7 Å². The average molecular weight is 432 g/mol. The predicted molar refractivity (Wildman–Crippen MR) is 111 cm³/mol. The maximum atomic E-state index is 15.1. The summed E-state index contributed by atoms with van der Waals surface area (Å²) in [4.78, 5) is 40.5. The first-order chi connectivity index (χ1) is 14.8. The number of furan rings is 1. The number of aromatic amines is 1. The van der Waals surface area contributed by atoms with Gasteiger partial charge in [-0.05, 0) is 18.6 Å². The molecular weight excluding hydrogens is 410 g/mol. The van der Waals surface area contributed by atoms with Crippen LogP contribution in [-0.4, -0.2) is 15.5 Å². The van der Waals surface area contributed by atoms with Crippen molar-refractivity contribution in [3.05, 3.63) is 80.9 Å². The molecule has 3 aromatic rings. The number of H-pyrrole nitrogens is 1. The van der Waals surface area contributed by atoms with Crippen LogP contribution in [0.1, 0.15) is 31.1 Å². The Morgan fingerprint density at radius 3 is 2.52 bits per heavy atom. The van der Waals surface area contributed by atoms with Gasteiger partial charge in [-0.3, -0.25) is 24.0 Å². The second kappa shape index (κ2) is 8.99. The van der Waals surface area contributed by atoms with Crippen LogP contribution in [0.3, 0.4) is 0 Å². The number of rotatable bonds is 8. The van der Waals surface area contributed by atoms with E-state index in [0.29, 0.717) is 11.3 Å². The van der Waals surface area contributed by atoms with Crippen molar-refractivity contribution in [2.45, 2.75) is 38.8 Å². The molecule has 0 aliphatic carbocycles. The summed E-state index contributed by atoms with van der Waals surface area (Å²) in [5.41, 5.74) is 3.15. The molecule has 164 valence electrons. The minimum atomic E-state index is -3.96. The molecule has 3 rings (SSSR count). The van der Waals surface area contributed by atoms with Crippen LogP contribution in [0.25, 0.3) is 0 Å². The largest absolute Gasteiger partial charge is 0.467 e. The van der Waals surface area contributed by atoms with E-state index in [2.05, 4.69) is 4.98 Å². The quantitative estimate of drug-likeness (QED) is 0.568. The maximum Gasteiger partial charge on any atom is 0.350 e. The molecule has 0 saturated carbocycles. The van der Waals surface area contributed by atoms with Gasteiger partial charge >= 0.3 is 17.5 Å². The Labute approximate surface area is 175 Å². The molecule has 0 saturated heterocycles. The zero-order valence-corrected chi connectivity index (χ0v) is 16.8. The van der Waals surface area contributed by atoms with Crippen molar-refractivity contribution in [1.82, 2.24) is 9.55 Å². The topological polar surface area (TPSA) is 114 Å². The van der Waals surface area contributed by atoms with E-state index < -0.39 is 40.9 Å². The number of nitrogen functional groups attached to an aromatic ring is 1. The van der Waals surface area contributed by atoms with Gasteiger partial charge in [-0.15, -0.1) is 0 Å². The smallest absolute Gasteiger partial charge is 0.350 e. The van der Waals surface area contributed by atoms with Crippen molar-refractivity contribution in [3.8, 4) is 0 Å². The van der Waals surface area contributed by atoms with E-state index in [4.69, 9.17) is 10.2 Å². The van der Waals surface area contributed by atoms with E-state index in [0.717, 1.165) is 23.1 Å². The number of nitrogens with zero attached hydrogens (tertiary/aromatic N) is 2. The lowest BCUT2D eigenvalue weighted by molar-refractivity contribution is -0.144. The van der Waals surface area contributed by atoms with E-state index >= 15 is 8.78 Å². The number of hydrogen-bond acceptors (Lipinski definition) is 5. The third kappa shape index (κ3) is 4.42. The first-order valence-corrected chi connectivity index (χ1v) is 9.67. The van der Waals surface area contributed by atoms with Gasteiger partial charge in [0.2, 0.25) is 0 Å². The Kier molecular flexibility index (Phi) is 6.38. The molecule has 1 amide bonds. The number of aromatic nitrogens is 2. The lowest BCUT2D eigenvalue weighted by atomic mass is 10.1. The number of unbranched alkanes of at least 4 members (excludes halogenated alkanes) is 1. The van der Waals surface area contributed by atoms with Crippen LogP contribution in [0.5, 0.6) is 0 Å². The van der Waals surface area contributed by atoms with Crippen molar-refractivity contribution in [2.24, 2.45) is 0 Å². The van der Waals surface area contributed by atoms with Crippen molar-refractivity contribution in [1.29, 1.82) is 0 Å². The number of nitrogens with two attached hydrogens (primary N) is 1. The maximum absolute atomic E-state index is 15.1. The highest BCUT2D eigenvalue weighted by Crippen LogP contribution is 2.33. The standard InChI is InChI=1S/C21H22F2N4O4/c1-2-3-11-26-17(24)16(18(28)25-20(26)30)27(13-15-10-7-12-31-15)19(29)21(22,23)14-8-5-4-6-9-14/h4-10,12H,2-3,11,13,24H2,1H3,(H,25,28,30). The molecule has 2 heterocycles. The van der Waals surface area contributed by atoms with Crippen molar-refractivity contribution >= 4 is 17.4 Å². The lowest BCUT2D eigenvalue weighted by Crippen LogP contribution is -2.46. The molecule has 0 atom stereocenters. The van der Waals surface area contributed by atoms with Crippen LogP contribution < -0.4 is 21.9 Å². The van der Waals surface area contributed by atoms with Gasteiger partial charge in [0.05, 0.1) is 12.8 Å². The first kappa shape index (κ1) is 22.0. The number of amides is 1. The third-order valence-corrected chi connectivity index (χ3v) is 4.76. The zero-order valence-electron chi connectivity index (χ0n) is 16.8. The van der Waals surface area contributed by atoms with E-state index in [1.165, 1.54) is 36.6 Å². The summed E-state index contributed by atoms with van der Waals surface area (Å²) in [6.45, 7) is 1.57. The van der Waals surface area contributed by atoms with Crippen LogP contribution >= 0.6 is 0 Å². The molecule has 10 heteroatoms. The predicted octanol–water partition coefficient (Wildman–Crippen LogP) is 2.84. The molecule has 0 bridgehead atoms. The van der Waals surface area contributed by atoms with E-state index in [9.17, 15) is 14.4 Å². The number of nitrogens with one attached hydrogen (secondary N) is 1. The zero-order chi connectivity index (χ0) is 22.6. The third-order valence-electron chi connectivity index (χ3n) is 4.76. The SMILES string of the molecule is CCCCn1c(N)c(N(Cc2ccco2)C(=O)C(F)(F)c2ccccc2)c(=O)[nH]c1=O. The monoisotopic (exact) mass is 432 g/mol. The van der Waals surface area contributed by atoms with Gasteiger partial charge < -0.3 is 10.2 Å². The highest BCUT2D eigenvalue weighted by atomic mass is 19.3. The summed E-state index contributed by atoms with van der Waals surface area (Å²) in [6, 6.07) is 9.49. The Bertz CT molecular complexity index is 1150. The van der Waals surface area contributed by atoms with E-state index in [1.807, 2.05) is 6.92 Å². The number of halogens is 2. The van der Waals surface area contributed by atoms with Crippen LogP contribution in [0.15, 0.2) is 62.7 Å². The minimum Gasteiger partial charge on any atom is -0.467 e. The molecule has 0 spiro atoms.